The second-order valence-corrected chi connectivity index (χ2v) is 5.38. The zero-order chi connectivity index (χ0) is 12.4. The minimum Gasteiger partial charge on any atom is -0.384 e. The molecule has 0 aliphatic rings. The molecule has 0 aromatic heterocycles. The van der Waals surface area contributed by atoms with Crippen LogP contribution in [-0.2, 0) is 0 Å². The monoisotopic (exact) mass is 330 g/mol. The van der Waals surface area contributed by atoms with Gasteiger partial charge in [-0.25, -0.2) is 0 Å². The smallest absolute Gasteiger partial charge is 0.106 e. The third-order valence-corrected chi connectivity index (χ3v) is 3.49. The van der Waals surface area contributed by atoms with Crippen molar-refractivity contribution in [2.75, 3.05) is 0 Å². The molecule has 2 aromatic carbocycles. The third kappa shape index (κ3) is 3.02. The Balaban J connectivity index is 2.43. The van der Waals surface area contributed by atoms with Crippen LogP contribution in [0.5, 0.6) is 0 Å². The summed E-state index contributed by atoms with van der Waals surface area (Å²) in [6.07, 6.45) is -0.779. The Morgan fingerprint density at radius 1 is 1.06 bits per heavy atom. The van der Waals surface area contributed by atoms with E-state index in [4.69, 9.17) is 23.2 Å². The molecule has 1 atom stereocenters. The van der Waals surface area contributed by atoms with E-state index in [1.54, 1.807) is 30.3 Å². The van der Waals surface area contributed by atoms with E-state index >= 15 is 0 Å². The summed E-state index contributed by atoms with van der Waals surface area (Å²) in [4.78, 5) is 0. The summed E-state index contributed by atoms with van der Waals surface area (Å²) < 4.78 is 0.873. The SMILES string of the molecule is OC(c1cccc(Cl)c1)c1cc(Br)ccc1Cl. The number of aliphatic hydroxyl groups excluding tert-OH is 1. The van der Waals surface area contributed by atoms with E-state index in [1.807, 2.05) is 12.1 Å². The van der Waals surface area contributed by atoms with E-state index in [9.17, 15) is 5.11 Å². The fourth-order valence-electron chi connectivity index (χ4n) is 1.58. The summed E-state index contributed by atoms with van der Waals surface area (Å²) in [6.45, 7) is 0. The average Bonchev–Trinajstić information content (AvgIpc) is 2.31. The van der Waals surface area contributed by atoms with Crippen molar-refractivity contribution in [3.05, 3.63) is 68.1 Å². The predicted molar refractivity (Wildman–Crippen MR) is 74.7 cm³/mol. The maximum Gasteiger partial charge on any atom is 0.106 e. The van der Waals surface area contributed by atoms with Gasteiger partial charge in [0.15, 0.2) is 0 Å². The van der Waals surface area contributed by atoms with Gasteiger partial charge in [-0.15, -0.1) is 0 Å². The second kappa shape index (κ2) is 5.40. The van der Waals surface area contributed by atoms with Crippen LogP contribution in [-0.4, -0.2) is 5.11 Å². The van der Waals surface area contributed by atoms with Crippen molar-refractivity contribution < 1.29 is 5.11 Å². The number of hydrogen-bond acceptors (Lipinski definition) is 1. The van der Waals surface area contributed by atoms with Crippen LogP contribution in [0, 0.1) is 0 Å². The minimum absolute atomic E-state index is 0.528. The first-order valence-corrected chi connectivity index (χ1v) is 6.51. The first-order valence-electron chi connectivity index (χ1n) is 4.96. The molecule has 88 valence electrons. The van der Waals surface area contributed by atoms with Gasteiger partial charge in [-0.3, -0.25) is 0 Å². The van der Waals surface area contributed by atoms with Crippen LogP contribution in [0.25, 0.3) is 0 Å². The van der Waals surface area contributed by atoms with Crippen LogP contribution in [0.15, 0.2) is 46.9 Å². The molecule has 0 bridgehead atoms. The average molecular weight is 332 g/mol. The van der Waals surface area contributed by atoms with E-state index in [2.05, 4.69) is 15.9 Å². The Labute approximate surface area is 118 Å². The van der Waals surface area contributed by atoms with Gasteiger partial charge in [-0.2, -0.15) is 0 Å². The lowest BCUT2D eigenvalue weighted by Gasteiger charge is -2.13. The first kappa shape index (κ1) is 12.9. The lowest BCUT2D eigenvalue weighted by Crippen LogP contribution is -2.00. The van der Waals surface area contributed by atoms with Crippen molar-refractivity contribution >= 4 is 39.1 Å². The number of benzene rings is 2. The summed E-state index contributed by atoms with van der Waals surface area (Å²) in [5, 5.41) is 11.4. The molecular formula is C13H9BrCl2O. The van der Waals surface area contributed by atoms with Gasteiger partial charge in [0.1, 0.15) is 6.10 Å². The van der Waals surface area contributed by atoms with E-state index < -0.39 is 6.10 Å². The highest BCUT2D eigenvalue weighted by atomic mass is 79.9. The Morgan fingerprint density at radius 3 is 2.53 bits per heavy atom. The van der Waals surface area contributed by atoms with Crippen LogP contribution in [0.1, 0.15) is 17.2 Å². The molecule has 0 spiro atoms. The van der Waals surface area contributed by atoms with Gasteiger partial charge in [0, 0.05) is 20.1 Å². The van der Waals surface area contributed by atoms with Crippen molar-refractivity contribution in [3.63, 3.8) is 0 Å². The molecule has 0 heterocycles. The highest BCUT2D eigenvalue weighted by molar-refractivity contribution is 9.10. The van der Waals surface area contributed by atoms with Crippen LogP contribution < -0.4 is 0 Å². The van der Waals surface area contributed by atoms with Crippen molar-refractivity contribution in [2.24, 2.45) is 0 Å². The highest BCUT2D eigenvalue weighted by Crippen LogP contribution is 2.31. The fraction of sp³-hybridized carbons (Fsp3) is 0.0769. The lowest BCUT2D eigenvalue weighted by molar-refractivity contribution is 0.220. The maximum absolute atomic E-state index is 10.3. The molecule has 4 heteroatoms. The minimum atomic E-state index is -0.779. The Kier molecular flexibility index (Phi) is 4.10. The Bertz CT molecular complexity index is 543. The molecule has 2 rings (SSSR count). The van der Waals surface area contributed by atoms with Gasteiger partial charge in [-0.1, -0.05) is 51.3 Å². The molecule has 1 N–H and O–H groups in total. The summed E-state index contributed by atoms with van der Waals surface area (Å²) in [5.41, 5.74) is 1.38. The predicted octanol–water partition coefficient (Wildman–Crippen LogP) is 4.84. The van der Waals surface area contributed by atoms with Crippen molar-refractivity contribution in [1.29, 1.82) is 0 Å². The normalized spacial score (nSPS) is 12.5. The molecule has 2 aromatic rings. The molecule has 0 aliphatic heterocycles. The van der Waals surface area contributed by atoms with E-state index in [0.29, 0.717) is 15.6 Å². The summed E-state index contributed by atoms with van der Waals surface area (Å²) in [6, 6.07) is 12.5. The molecule has 0 radical (unpaired) electrons. The molecule has 0 fully saturated rings. The number of aliphatic hydroxyl groups is 1. The molecule has 1 nitrogen and oxygen atoms in total. The largest absolute Gasteiger partial charge is 0.384 e. The highest BCUT2D eigenvalue weighted by Gasteiger charge is 2.14. The van der Waals surface area contributed by atoms with E-state index in [-0.39, 0.29) is 0 Å². The summed E-state index contributed by atoms with van der Waals surface area (Å²) >= 11 is 15.3. The molecule has 0 saturated carbocycles. The van der Waals surface area contributed by atoms with Gasteiger partial charge in [0.05, 0.1) is 0 Å². The van der Waals surface area contributed by atoms with Crippen LogP contribution in [0.4, 0.5) is 0 Å². The maximum atomic E-state index is 10.3. The van der Waals surface area contributed by atoms with Crippen molar-refractivity contribution in [1.82, 2.24) is 0 Å². The van der Waals surface area contributed by atoms with E-state index in [0.717, 1.165) is 10.0 Å². The van der Waals surface area contributed by atoms with Gasteiger partial charge in [0.2, 0.25) is 0 Å². The summed E-state index contributed by atoms with van der Waals surface area (Å²) in [5.74, 6) is 0. The van der Waals surface area contributed by atoms with Gasteiger partial charge >= 0.3 is 0 Å². The molecule has 0 saturated heterocycles. The van der Waals surface area contributed by atoms with Crippen molar-refractivity contribution in [3.8, 4) is 0 Å². The zero-order valence-electron chi connectivity index (χ0n) is 8.70. The second-order valence-electron chi connectivity index (χ2n) is 3.62. The first-order chi connectivity index (χ1) is 8.08. The van der Waals surface area contributed by atoms with Crippen LogP contribution in [0.3, 0.4) is 0 Å². The number of halogens is 3. The third-order valence-electron chi connectivity index (χ3n) is 2.42. The van der Waals surface area contributed by atoms with Gasteiger partial charge < -0.3 is 5.11 Å². The van der Waals surface area contributed by atoms with Gasteiger partial charge in [-0.05, 0) is 35.9 Å². The van der Waals surface area contributed by atoms with Crippen LogP contribution in [0.2, 0.25) is 10.0 Å². The summed E-state index contributed by atoms with van der Waals surface area (Å²) in [7, 11) is 0. The molecule has 17 heavy (non-hydrogen) atoms. The standard InChI is InChI=1S/C13H9BrCl2O/c14-9-4-5-12(16)11(7-9)13(17)8-2-1-3-10(15)6-8/h1-7,13,17H. The number of rotatable bonds is 2. The molecule has 0 amide bonds. The molecule has 0 aliphatic carbocycles. The van der Waals surface area contributed by atoms with Crippen LogP contribution >= 0.6 is 39.1 Å². The molecule has 1 unspecified atom stereocenters. The Hall–Kier alpha value is -0.540. The molecular weight excluding hydrogens is 323 g/mol. The number of hydrogen-bond donors (Lipinski definition) is 1. The Morgan fingerprint density at radius 2 is 1.82 bits per heavy atom. The quantitative estimate of drug-likeness (QED) is 0.835. The van der Waals surface area contributed by atoms with E-state index in [1.165, 1.54) is 0 Å². The topological polar surface area (TPSA) is 20.2 Å². The fourth-order valence-corrected chi connectivity index (χ4v) is 2.38. The van der Waals surface area contributed by atoms with Gasteiger partial charge in [0.25, 0.3) is 0 Å². The lowest BCUT2D eigenvalue weighted by atomic mass is 10.0. The van der Waals surface area contributed by atoms with Crippen molar-refractivity contribution in [2.45, 2.75) is 6.10 Å². The zero-order valence-corrected chi connectivity index (χ0v) is 11.8.